The summed E-state index contributed by atoms with van der Waals surface area (Å²) >= 11 is 0. The molecular weight excluding hydrogens is 345 g/mol. The van der Waals surface area contributed by atoms with Crippen LogP contribution in [0.5, 0.6) is 0 Å². The normalized spacial score (nSPS) is 25.1. The Bertz CT molecular complexity index is 378. The number of nitrogens with zero attached hydrogens (tertiary/aromatic N) is 1. The molecule has 0 aromatic heterocycles. The van der Waals surface area contributed by atoms with Gasteiger partial charge in [-0.1, -0.05) is 90.4 Å². The fraction of sp³-hybridized carbons (Fsp3) is 1.00. The van der Waals surface area contributed by atoms with Crippen molar-refractivity contribution in [3.63, 3.8) is 0 Å². The van der Waals surface area contributed by atoms with Crippen LogP contribution < -0.4 is 0 Å². The Hall–Kier alpha value is 0.110. The first-order valence-electron chi connectivity index (χ1n) is 11.1. The van der Waals surface area contributed by atoms with E-state index in [9.17, 15) is 4.57 Å². The van der Waals surface area contributed by atoms with Crippen LogP contribution in [0, 0.1) is 0 Å². The highest BCUT2D eigenvalue weighted by molar-refractivity contribution is 7.53. The van der Waals surface area contributed by atoms with Gasteiger partial charge in [-0.3, -0.25) is 4.57 Å². The molecule has 0 N–H and O–H groups in total. The summed E-state index contributed by atoms with van der Waals surface area (Å²) in [5.41, 5.74) is 0. The Labute approximate surface area is 162 Å². The maximum atomic E-state index is 12.2. The standard InChI is InChI=1S/C21H44NO3P/c1-4-5-6-7-8-9-10-11-12-13-14-15-16-17-21-20-22(2)18-19-24-26(3,23)25-21/h21H,4-20H2,1-3H3/t21-,26-/m1/s1. The van der Waals surface area contributed by atoms with Gasteiger partial charge in [-0.2, -0.15) is 0 Å². The highest BCUT2D eigenvalue weighted by atomic mass is 31.2. The van der Waals surface area contributed by atoms with E-state index >= 15 is 0 Å². The van der Waals surface area contributed by atoms with Crippen LogP contribution in [0.1, 0.15) is 96.8 Å². The van der Waals surface area contributed by atoms with Gasteiger partial charge in [0.1, 0.15) is 0 Å². The van der Waals surface area contributed by atoms with Gasteiger partial charge in [0.15, 0.2) is 0 Å². The monoisotopic (exact) mass is 389 g/mol. The first-order valence-corrected chi connectivity index (χ1v) is 13.1. The molecule has 1 fully saturated rings. The van der Waals surface area contributed by atoms with Crippen molar-refractivity contribution in [3.05, 3.63) is 0 Å². The van der Waals surface area contributed by atoms with Crippen molar-refractivity contribution in [2.24, 2.45) is 0 Å². The van der Waals surface area contributed by atoms with Crippen molar-refractivity contribution in [1.29, 1.82) is 0 Å². The lowest BCUT2D eigenvalue weighted by molar-refractivity contribution is 0.0768. The van der Waals surface area contributed by atoms with E-state index in [-0.39, 0.29) is 6.10 Å². The lowest BCUT2D eigenvalue weighted by Crippen LogP contribution is -2.35. The minimum absolute atomic E-state index is 0.0452. The first-order chi connectivity index (χ1) is 12.5. The van der Waals surface area contributed by atoms with Crippen molar-refractivity contribution in [1.82, 2.24) is 4.90 Å². The van der Waals surface area contributed by atoms with Gasteiger partial charge in [-0.05, 0) is 13.5 Å². The highest BCUT2D eigenvalue weighted by Crippen LogP contribution is 2.46. The Kier molecular flexibility index (Phi) is 14.0. The van der Waals surface area contributed by atoms with Crippen LogP contribution in [0.4, 0.5) is 0 Å². The maximum Gasteiger partial charge on any atom is 0.327 e. The third kappa shape index (κ3) is 13.3. The molecule has 0 aliphatic carbocycles. The largest absolute Gasteiger partial charge is 0.327 e. The summed E-state index contributed by atoms with van der Waals surface area (Å²) in [5.74, 6) is 0. The third-order valence-corrected chi connectivity index (χ3v) is 6.62. The summed E-state index contributed by atoms with van der Waals surface area (Å²) in [6, 6.07) is 0. The van der Waals surface area contributed by atoms with Gasteiger partial charge < -0.3 is 13.9 Å². The number of likely N-dealkylation sites (N-methyl/N-ethyl adjacent to an activating group) is 1. The fourth-order valence-electron chi connectivity index (χ4n) is 3.67. The molecule has 0 radical (unpaired) electrons. The van der Waals surface area contributed by atoms with Gasteiger partial charge in [0.25, 0.3) is 0 Å². The summed E-state index contributed by atoms with van der Waals surface area (Å²) < 4.78 is 23.3. The van der Waals surface area contributed by atoms with E-state index in [4.69, 9.17) is 9.05 Å². The number of hydrogen-bond donors (Lipinski definition) is 0. The molecule has 1 aliphatic rings. The Morgan fingerprint density at radius 2 is 1.38 bits per heavy atom. The molecule has 0 unspecified atom stereocenters. The second-order valence-electron chi connectivity index (χ2n) is 8.13. The average Bonchev–Trinajstić information content (AvgIpc) is 2.57. The van der Waals surface area contributed by atoms with Crippen molar-refractivity contribution >= 4 is 7.60 Å². The number of rotatable bonds is 14. The maximum absolute atomic E-state index is 12.2. The zero-order chi connectivity index (χ0) is 19.1. The number of hydrogen-bond acceptors (Lipinski definition) is 4. The zero-order valence-electron chi connectivity index (χ0n) is 17.7. The molecule has 0 saturated carbocycles. The molecule has 1 aliphatic heterocycles. The minimum Gasteiger partial charge on any atom is -0.307 e. The molecule has 1 saturated heterocycles. The van der Waals surface area contributed by atoms with Gasteiger partial charge in [-0.25, -0.2) is 0 Å². The Balaban J connectivity index is 1.95. The summed E-state index contributed by atoms with van der Waals surface area (Å²) in [7, 11) is -0.775. The second-order valence-corrected chi connectivity index (χ2v) is 10.1. The fourth-order valence-corrected chi connectivity index (χ4v) is 4.86. The predicted molar refractivity (Wildman–Crippen MR) is 112 cm³/mol. The lowest BCUT2D eigenvalue weighted by atomic mass is 10.0. The molecule has 26 heavy (non-hydrogen) atoms. The quantitative estimate of drug-likeness (QED) is 0.247. The van der Waals surface area contributed by atoms with E-state index in [0.29, 0.717) is 6.61 Å². The SMILES string of the molecule is CCCCCCCCCCCCCCC[C@@H]1CN(C)CCO[P@@](C)(=O)O1. The van der Waals surface area contributed by atoms with Crippen molar-refractivity contribution in [2.75, 3.05) is 33.4 Å². The summed E-state index contributed by atoms with van der Waals surface area (Å²) in [6.45, 7) is 6.07. The molecule has 0 aromatic carbocycles. The van der Waals surface area contributed by atoms with Crippen molar-refractivity contribution in [3.8, 4) is 0 Å². The smallest absolute Gasteiger partial charge is 0.307 e. The van der Waals surface area contributed by atoms with E-state index in [2.05, 4.69) is 18.9 Å². The zero-order valence-corrected chi connectivity index (χ0v) is 18.6. The predicted octanol–water partition coefficient (Wildman–Crippen LogP) is 6.64. The van der Waals surface area contributed by atoms with Crippen LogP contribution in [-0.2, 0) is 13.6 Å². The summed E-state index contributed by atoms with van der Waals surface area (Å²) in [4.78, 5) is 2.21. The van der Waals surface area contributed by atoms with Crippen LogP contribution in [0.3, 0.4) is 0 Å². The molecule has 0 spiro atoms. The first kappa shape index (κ1) is 24.1. The molecule has 0 amide bonds. The average molecular weight is 390 g/mol. The van der Waals surface area contributed by atoms with Crippen molar-refractivity contribution < 1.29 is 13.6 Å². The molecule has 0 aromatic rings. The molecule has 0 bridgehead atoms. The van der Waals surface area contributed by atoms with E-state index < -0.39 is 7.60 Å². The van der Waals surface area contributed by atoms with Gasteiger partial charge in [0.2, 0.25) is 0 Å². The van der Waals surface area contributed by atoms with Crippen LogP contribution >= 0.6 is 7.60 Å². The molecule has 1 heterocycles. The van der Waals surface area contributed by atoms with Gasteiger partial charge in [-0.15, -0.1) is 0 Å². The van der Waals surface area contributed by atoms with E-state index in [1.807, 2.05) is 0 Å². The third-order valence-electron chi connectivity index (χ3n) is 5.28. The topological polar surface area (TPSA) is 38.8 Å². The molecule has 156 valence electrons. The molecule has 5 heteroatoms. The number of unbranched alkanes of at least 4 members (excludes halogenated alkanes) is 12. The molecular formula is C21H44NO3P. The van der Waals surface area contributed by atoms with Crippen LogP contribution in [0.15, 0.2) is 0 Å². The summed E-state index contributed by atoms with van der Waals surface area (Å²) in [6.07, 6.45) is 18.8. The van der Waals surface area contributed by atoms with Crippen LogP contribution in [-0.4, -0.2) is 44.4 Å². The lowest BCUT2D eigenvalue weighted by Gasteiger charge is -2.30. The van der Waals surface area contributed by atoms with Gasteiger partial charge in [0, 0.05) is 19.8 Å². The highest BCUT2D eigenvalue weighted by Gasteiger charge is 2.26. The van der Waals surface area contributed by atoms with Gasteiger partial charge >= 0.3 is 7.60 Å². The van der Waals surface area contributed by atoms with E-state index in [0.717, 1.165) is 25.9 Å². The van der Waals surface area contributed by atoms with E-state index in [1.165, 1.54) is 77.0 Å². The second kappa shape index (κ2) is 15.1. The van der Waals surface area contributed by atoms with E-state index in [1.54, 1.807) is 6.66 Å². The van der Waals surface area contributed by atoms with Crippen LogP contribution in [0.2, 0.25) is 0 Å². The molecule has 4 nitrogen and oxygen atoms in total. The summed E-state index contributed by atoms with van der Waals surface area (Å²) in [5, 5.41) is 0. The van der Waals surface area contributed by atoms with Crippen LogP contribution in [0.25, 0.3) is 0 Å². The van der Waals surface area contributed by atoms with Crippen molar-refractivity contribution in [2.45, 2.75) is 103 Å². The Morgan fingerprint density at radius 3 is 1.92 bits per heavy atom. The Morgan fingerprint density at radius 1 is 0.885 bits per heavy atom. The molecule has 1 rings (SSSR count). The molecule has 2 atom stereocenters. The van der Waals surface area contributed by atoms with Gasteiger partial charge in [0.05, 0.1) is 12.7 Å². The minimum atomic E-state index is -2.85.